The van der Waals surface area contributed by atoms with Gasteiger partial charge in [-0.1, -0.05) is 23.7 Å². The predicted octanol–water partition coefficient (Wildman–Crippen LogP) is 2.37. The monoisotopic (exact) mass is 228 g/mol. The Kier molecular flexibility index (Phi) is 4.59. The van der Waals surface area contributed by atoms with Gasteiger partial charge in [0.25, 0.3) is 0 Å². The lowest BCUT2D eigenvalue weighted by Gasteiger charge is -2.12. The number of halogens is 1. The molecule has 4 heteroatoms. The summed E-state index contributed by atoms with van der Waals surface area (Å²) in [6.45, 7) is 0. The second kappa shape index (κ2) is 5.73. The van der Waals surface area contributed by atoms with Gasteiger partial charge in [0.1, 0.15) is 0 Å². The molecule has 0 fully saturated rings. The topological polar surface area (TPSA) is 46.5 Å². The Hall–Kier alpha value is -1.06. The van der Waals surface area contributed by atoms with Crippen molar-refractivity contribution in [1.29, 1.82) is 0 Å². The first-order chi connectivity index (χ1) is 7.11. The molecule has 0 heterocycles. The van der Waals surface area contributed by atoms with Gasteiger partial charge >= 0.3 is 5.97 Å². The molecular weight excluding hydrogens is 216 g/mol. The molecule has 0 aliphatic rings. The molecule has 0 aromatic heterocycles. The molecule has 0 bridgehead atoms. The molecule has 1 atom stereocenters. The lowest BCUT2D eigenvalue weighted by molar-refractivity contribution is -0.139. The maximum atomic E-state index is 10.5. The first-order valence-corrected chi connectivity index (χ1v) is 4.98. The van der Waals surface area contributed by atoms with Crippen molar-refractivity contribution in [3.8, 4) is 0 Å². The van der Waals surface area contributed by atoms with Gasteiger partial charge in [0, 0.05) is 12.1 Å². The fourth-order valence-electron chi connectivity index (χ4n) is 1.32. The van der Waals surface area contributed by atoms with Crippen LogP contribution in [-0.4, -0.2) is 24.3 Å². The van der Waals surface area contributed by atoms with Gasteiger partial charge in [-0.05, 0) is 24.1 Å². The fraction of sp³-hybridized carbons (Fsp3) is 0.364. The number of rotatable bonds is 5. The standard InChI is InChI=1S/C11H13ClO3/c1-15-10(7-11(13)14)6-8-2-4-9(12)5-3-8/h2-5,10H,6-7H2,1H3,(H,13,14). The van der Waals surface area contributed by atoms with Crippen molar-refractivity contribution in [1.82, 2.24) is 0 Å². The normalized spacial score (nSPS) is 12.4. The van der Waals surface area contributed by atoms with E-state index in [1.54, 1.807) is 12.1 Å². The first-order valence-electron chi connectivity index (χ1n) is 4.61. The smallest absolute Gasteiger partial charge is 0.305 e. The van der Waals surface area contributed by atoms with Crippen molar-refractivity contribution in [3.05, 3.63) is 34.9 Å². The van der Waals surface area contributed by atoms with E-state index in [4.69, 9.17) is 21.4 Å². The lowest BCUT2D eigenvalue weighted by atomic mass is 10.1. The summed E-state index contributed by atoms with van der Waals surface area (Å²) in [6.07, 6.45) is 0.308. The van der Waals surface area contributed by atoms with E-state index in [9.17, 15) is 4.79 Å². The summed E-state index contributed by atoms with van der Waals surface area (Å²) < 4.78 is 5.08. The summed E-state index contributed by atoms with van der Waals surface area (Å²) >= 11 is 5.74. The summed E-state index contributed by atoms with van der Waals surface area (Å²) in [4.78, 5) is 10.5. The van der Waals surface area contributed by atoms with Crippen LogP contribution < -0.4 is 0 Å². The zero-order chi connectivity index (χ0) is 11.3. The summed E-state index contributed by atoms with van der Waals surface area (Å²) in [7, 11) is 1.52. The SMILES string of the molecule is COC(CC(=O)O)Cc1ccc(Cl)cc1. The molecule has 0 aliphatic carbocycles. The van der Waals surface area contributed by atoms with Crippen LogP contribution in [-0.2, 0) is 16.0 Å². The van der Waals surface area contributed by atoms with Crippen LogP contribution >= 0.6 is 11.6 Å². The van der Waals surface area contributed by atoms with Gasteiger partial charge in [-0.2, -0.15) is 0 Å². The molecule has 15 heavy (non-hydrogen) atoms. The van der Waals surface area contributed by atoms with Gasteiger partial charge in [-0.15, -0.1) is 0 Å². The minimum absolute atomic E-state index is 0.0130. The average Bonchev–Trinajstić information content (AvgIpc) is 2.19. The molecule has 0 aliphatic heterocycles. The molecule has 0 saturated heterocycles. The molecule has 3 nitrogen and oxygen atoms in total. The number of hydrogen-bond donors (Lipinski definition) is 1. The van der Waals surface area contributed by atoms with Crippen LogP contribution in [0.3, 0.4) is 0 Å². The van der Waals surface area contributed by atoms with Crippen molar-refractivity contribution in [2.24, 2.45) is 0 Å². The van der Waals surface area contributed by atoms with Gasteiger partial charge in [0.2, 0.25) is 0 Å². The fourth-order valence-corrected chi connectivity index (χ4v) is 1.44. The molecule has 0 saturated carbocycles. The zero-order valence-corrected chi connectivity index (χ0v) is 9.20. The van der Waals surface area contributed by atoms with E-state index in [0.29, 0.717) is 11.4 Å². The Morgan fingerprint density at radius 3 is 2.53 bits per heavy atom. The Labute approximate surface area is 93.6 Å². The van der Waals surface area contributed by atoms with Crippen molar-refractivity contribution in [3.63, 3.8) is 0 Å². The predicted molar refractivity (Wildman–Crippen MR) is 58.2 cm³/mol. The maximum Gasteiger partial charge on any atom is 0.305 e. The van der Waals surface area contributed by atoms with Crippen LogP contribution in [0.5, 0.6) is 0 Å². The van der Waals surface area contributed by atoms with Gasteiger partial charge in [0.15, 0.2) is 0 Å². The van der Waals surface area contributed by atoms with Crippen molar-refractivity contribution in [2.45, 2.75) is 18.9 Å². The largest absolute Gasteiger partial charge is 0.481 e. The number of carbonyl (C=O) groups is 1. The van der Waals surface area contributed by atoms with Crippen molar-refractivity contribution >= 4 is 17.6 Å². The third-order valence-corrected chi connectivity index (χ3v) is 2.36. The number of aliphatic carboxylic acids is 1. The van der Waals surface area contributed by atoms with Crippen LogP contribution in [0.4, 0.5) is 0 Å². The van der Waals surface area contributed by atoms with Gasteiger partial charge in [0.05, 0.1) is 12.5 Å². The van der Waals surface area contributed by atoms with Gasteiger partial charge in [-0.3, -0.25) is 4.79 Å². The quantitative estimate of drug-likeness (QED) is 0.842. The first kappa shape index (κ1) is 12.0. The van der Waals surface area contributed by atoms with E-state index in [0.717, 1.165) is 5.56 Å². The Bertz CT molecular complexity index is 321. The summed E-state index contributed by atoms with van der Waals surface area (Å²) in [5.41, 5.74) is 1.02. The highest BCUT2D eigenvalue weighted by Crippen LogP contribution is 2.13. The highest BCUT2D eigenvalue weighted by atomic mass is 35.5. The zero-order valence-electron chi connectivity index (χ0n) is 8.44. The van der Waals surface area contributed by atoms with E-state index >= 15 is 0 Å². The van der Waals surface area contributed by atoms with E-state index in [1.165, 1.54) is 7.11 Å². The molecule has 0 radical (unpaired) electrons. The minimum Gasteiger partial charge on any atom is -0.481 e. The lowest BCUT2D eigenvalue weighted by Crippen LogP contribution is -2.18. The molecule has 82 valence electrons. The number of hydrogen-bond acceptors (Lipinski definition) is 2. The molecule has 1 aromatic carbocycles. The highest BCUT2D eigenvalue weighted by molar-refractivity contribution is 6.30. The molecule has 0 spiro atoms. The van der Waals surface area contributed by atoms with Crippen LogP contribution in [0.15, 0.2) is 24.3 Å². The van der Waals surface area contributed by atoms with E-state index < -0.39 is 5.97 Å². The number of carboxylic acid groups (broad SMARTS) is 1. The number of methoxy groups -OCH3 is 1. The number of benzene rings is 1. The third kappa shape index (κ3) is 4.32. The highest BCUT2D eigenvalue weighted by Gasteiger charge is 2.12. The number of ether oxygens (including phenoxy) is 1. The van der Waals surface area contributed by atoms with E-state index in [1.807, 2.05) is 12.1 Å². The molecular formula is C11H13ClO3. The Balaban J connectivity index is 2.58. The second-order valence-electron chi connectivity index (χ2n) is 3.29. The van der Waals surface area contributed by atoms with Crippen LogP contribution in [0, 0.1) is 0 Å². The van der Waals surface area contributed by atoms with Crippen molar-refractivity contribution < 1.29 is 14.6 Å². The van der Waals surface area contributed by atoms with Crippen LogP contribution in [0.25, 0.3) is 0 Å². The Morgan fingerprint density at radius 1 is 1.47 bits per heavy atom. The maximum absolute atomic E-state index is 10.5. The number of carboxylic acids is 1. The summed E-state index contributed by atoms with van der Waals surface area (Å²) in [6, 6.07) is 7.31. The molecule has 1 unspecified atom stereocenters. The molecule has 1 N–H and O–H groups in total. The van der Waals surface area contributed by atoms with Crippen LogP contribution in [0.1, 0.15) is 12.0 Å². The average molecular weight is 229 g/mol. The summed E-state index contributed by atoms with van der Waals surface area (Å²) in [5, 5.41) is 9.31. The van der Waals surface area contributed by atoms with Gasteiger partial charge < -0.3 is 9.84 Å². The van der Waals surface area contributed by atoms with E-state index in [2.05, 4.69) is 0 Å². The second-order valence-corrected chi connectivity index (χ2v) is 3.72. The van der Waals surface area contributed by atoms with Crippen molar-refractivity contribution in [2.75, 3.05) is 7.11 Å². The molecule has 0 amide bonds. The molecule has 1 aromatic rings. The summed E-state index contributed by atoms with van der Waals surface area (Å²) in [5.74, 6) is -0.851. The van der Waals surface area contributed by atoms with E-state index in [-0.39, 0.29) is 12.5 Å². The Morgan fingerprint density at radius 2 is 2.07 bits per heavy atom. The molecule has 1 rings (SSSR count). The van der Waals surface area contributed by atoms with Gasteiger partial charge in [-0.25, -0.2) is 0 Å². The minimum atomic E-state index is -0.851. The third-order valence-electron chi connectivity index (χ3n) is 2.11. The van der Waals surface area contributed by atoms with Crippen LogP contribution in [0.2, 0.25) is 5.02 Å².